The van der Waals surface area contributed by atoms with E-state index in [1.54, 1.807) is 24.3 Å². The second-order valence-corrected chi connectivity index (χ2v) is 7.19. The van der Waals surface area contributed by atoms with Crippen molar-refractivity contribution in [3.63, 3.8) is 0 Å². The minimum atomic E-state index is -0.654. The van der Waals surface area contributed by atoms with Gasteiger partial charge in [0.1, 0.15) is 17.2 Å². The summed E-state index contributed by atoms with van der Waals surface area (Å²) in [6.45, 7) is 8.92. The minimum absolute atomic E-state index is 0.0650. The molecule has 3 rings (SSSR count). The van der Waals surface area contributed by atoms with Gasteiger partial charge in [-0.2, -0.15) is 4.99 Å². The maximum absolute atomic E-state index is 10.3. The van der Waals surface area contributed by atoms with E-state index in [0.29, 0.717) is 23.8 Å². The molecule has 0 bridgehead atoms. The lowest BCUT2D eigenvalue weighted by molar-refractivity contribution is -0.188. The van der Waals surface area contributed by atoms with Gasteiger partial charge in [0, 0.05) is 31.6 Å². The smallest absolute Gasteiger partial charge is 0.240 e. The van der Waals surface area contributed by atoms with Crippen molar-refractivity contribution in [3.8, 4) is 17.2 Å². The van der Waals surface area contributed by atoms with Gasteiger partial charge in [0.2, 0.25) is 11.9 Å². The first kappa shape index (κ1) is 18.2. The van der Waals surface area contributed by atoms with Crippen LogP contribution >= 0.6 is 0 Å². The Hall–Kier alpha value is -2.62. The fourth-order valence-electron chi connectivity index (χ4n) is 3.54. The van der Waals surface area contributed by atoms with Crippen LogP contribution in [0, 0.1) is 0 Å². The third-order valence-electron chi connectivity index (χ3n) is 4.47. The van der Waals surface area contributed by atoms with Crippen molar-refractivity contribution in [1.82, 2.24) is 0 Å². The third-order valence-corrected chi connectivity index (χ3v) is 4.47. The molecule has 0 amide bonds. The maximum atomic E-state index is 10.3. The molecule has 1 aliphatic rings. The number of aliphatic imine (C=N–C) groups is 1. The fourth-order valence-corrected chi connectivity index (χ4v) is 3.54. The first-order valence-electron chi connectivity index (χ1n) is 8.68. The molecular formula is C21H23NO4. The van der Waals surface area contributed by atoms with E-state index in [9.17, 15) is 4.79 Å². The molecule has 2 aromatic rings. The van der Waals surface area contributed by atoms with E-state index in [4.69, 9.17) is 14.2 Å². The highest BCUT2D eigenvalue weighted by molar-refractivity contribution is 5.51. The van der Waals surface area contributed by atoms with Gasteiger partial charge in [-0.05, 0) is 42.7 Å². The number of benzene rings is 2. The quantitative estimate of drug-likeness (QED) is 0.543. The number of rotatable bonds is 5. The van der Waals surface area contributed by atoms with E-state index < -0.39 is 5.79 Å². The Bertz CT molecular complexity index is 838. The lowest BCUT2D eigenvalue weighted by Crippen LogP contribution is -2.45. The predicted octanol–water partition coefficient (Wildman–Crippen LogP) is 5.26. The molecule has 1 atom stereocenters. The average molecular weight is 353 g/mol. The minimum Gasteiger partial charge on any atom is -0.462 e. The first-order chi connectivity index (χ1) is 12.3. The number of ether oxygens (including phenoxy) is 3. The molecule has 0 fully saturated rings. The van der Waals surface area contributed by atoms with Crippen LogP contribution in [0.5, 0.6) is 17.2 Å². The molecule has 0 N–H and O–H groups in total. The van der Waals surface area contributed by atoms with E-state index in [1.165, 1.54) is 6.08 Å². The van der Waals surface area contributed by atoms with Crippen LogP contribution in [-0.2, 0) is 14.9 Å². The Labute approximate surface area is 153 Å². The van der Waals surface area contributed by atoms with Crippen LogP contribution < -0.4 is 9.47 Å². The summed E-state index contributed by atoms with van der Waals surface area (Å²) in [5.41, 5.74) is 1.61. The van der Waals surface area contributed by atoms with Crippen molar-refractivity contribution in [2.75, 3.05) is 6.61 Å². The van der Waals surface area contributed by atoms with Crippen LogP contribution in [0.15, 0.2) is 47.5 Å². The maximum Gasteiger partial charge on any atom is 0.240 e. The highest BCUT2D eigenvalue weighted by atomic mass is 16.7. The van der Waals surface area contributed by atoms with Crippen LogP contribution in [0.3, 0.4) is 0 Å². The summed E-state index contributed by atoms with van der Waals surface area (Å²) >= 11 is 0. The van der Waals surface area contributed by atoms with Crippen LogP contribution in [0.2, 0.25) is 0 Å². The zero-order valence-corrected chi connectivity index (χ0v) is 15.5. The average Bonchev–Trinajstić information content (AvgIpc) is 2.55. The molecule has 0 aliphatic carbocycles. The van der Waals surface area contributed by atoms with Crippen molar-refractivity contribution >= 4 is 11.8 Å². The summed E-state index contributed by atoms with van der Waals surface area (Å²) in [4.78, 5) is 13.9. The lowest BCUT2D eigenvalue weighted by atomic mass is 9.76. The third kappa shape index (κ3) is 3.79. The van der Waals surface area contributed by atoms with Gasteiger partial charge in [-0.25, -0.2) is 4.79 Å². The number of fused-ring (bicyclic) bond motifs is 1. The highest BCUT2D eigenvalue weighted by Gasteiger charge is 2.42. The van der Waals surface area contributed by atoms with Gasteiger partial charge in [0.25, 0.3) is 0 Å². The van der Waals surface area contributed by atoms with E-state index in [0.717, 1.165) is 17.7 Å². The summed E-state index contributed by atoms with van der Waals surface area (Å²) in [6.07, 6.45) is 2.30. The van der Waals surface area contributed by atoms with Gasteiger partial charge in [0.15, 0.2) is 0 Å². The van der Waals surface area contributed by atoms with Gasteiger partial charge in [-0.1, -0.05) is 19.9 Å². The first-order valence-corrected chi connectivity index (χ1v) is 8.68. The summed E-state index contributed by atoms with van der Waals surface area (Å²) in [5, 5.41) is 0. The number of hydrogen-bond donors (Lipinski definition) is 0. The molecule has 26 heavy (non-hydrogen) atoms. The molecule has 1 unspecified atom stereocenters. The second kappa shape index (κ2) is 6.94. The van der Waals surface area contributed by atoms with E-state index in [-0.39, 0.29) is 5.41 Å². The van der Waals surface area contributed by atoms with Gasteiger partial charge in [-0.15, -0.1) is 0 Å². The standard InChI is InChI=1S/C21H23NO4/c1-5-24-21(4)13-20(2,3)18-11-10-17(12-19(18)26-21)25-16-8-6-15(7-9-16)22-14-23/h6-12H,5,13H2,1-4H3. The molecule has 0 aromatic heterocycles. The van der Waals surface area contributed by atoms with E-state index >= 15 is 0 Å². The molecule has 136 valence electrons. The molecule has 0 saturated heterocycles. The van der Waals surface area contributed by atoms with Crippen LogP contribution in [-0.4, -0.2) is 18.5 Å². The van der Waals surface area contributed by atoms with Crippen molar-refractivity contribution in [3.05, 3.63) is 48.0 Å². The van der Waals surface area contributed by atoms with Crippen LogP contribution in [0.4, 0.5) is 5.69 Å². The van der Waals surface area contributed by atoms with E-state index in [1.807, 2.05) is 32.0 Å². The molecule has 0 saturated carbocycles. The molecule has 0 spiro atoms. The van der Waals surface area contributed by atoms with Crippen molar-refractivity contribution in [1.29, 1.82) is 0 Å². The molecule has 2 aromatic carbocycles. The van der Waals surface area contributed by atoms with Gasteiger partial charge in [-0.3, -0.25) is 0 Å². The Morgan fingerprint density at radius 2 is 1.81 bits per heavy atom. The summed E-state index contributed by atoms with van der Waals surface area (Å²) < 4.78 is 17.9. The van der Waals surface area contributed by atoms with Gasteiger partial charge in [0.05, 0.1) is 5.69 Å². The van der Waals surface area contributed by atoms with Crippen LogP contribution in [0.1, 0.15) is 39.7 Å². The number of hydrogen-bond acceptors (Lipinski definition) is 5. The summed E-state index contributed by atoms with van der Waals surface area (Å²) in [6, 6.07) is 12.8. The highest BCUT2D eigenvalue weighted by Crippen LogP contribution is 2.46. The molecule has 0 radical (unpaired) electrons. The Kier molecular flexibility index (Phi) is 4.86. The zero-order chi connectivity index (χ0) is 18.8. The van der Waals surface area contributed by atoms with Crippen LogP contribution in [0.25, 0.3) is 0 Å². The fraction of sp³-hybridized carbons (Fsp3) is 0.381. The Morgan fingerprint density at radius 3 is 2.46 bits per heavy atom. The van der Waals surface area contributed by atoms with E-state index in [2.05, 4.69) is 18.8 Å². The van der Waals surface area contributed by atoms with Gasteiger partial charge >= 0.3 is 0 Å². The molecular weight excluding hydrogens is 330 g/mol. The Balaban J connectivity index is 1.87. The molecule has 1 heterocycles. The summed E-state index contributed by atoms with van der Waals surface area (Å²) in [7, 11) is 0. The lowest BCUT2D eigenvalue weighted by Gasteiger charge is -2.43. The Morgan fingerprint density at radius 1 is 1.12 bits per heavy atom. The van der Waals surface area contributed by atoms with Crippen molar-refractivity contribution in [2.45, 2.75) is 45.3 Å². The number of isocyanates is 1. The second-order valence-electron chi connectivity index (χ2n) is 7.19. The van der Waals surface area contributed by atoms with Crippen molar-refractivity contribution < 1.29 is 19.0 Å². The molecule has 5 nitrogen and oxygen atoms in total. The number of nitrogens with zero attached hydrogens (tertiary/aromatic N) is 1. The monoisotopic (exact) mass is 353 g/mol. The number of carbonyl (C=O) groups excluding carboxylic acids is 1. The predicted molar refractivity (Wildman–Crippen MR) is 99.0 cm³/mol. The topological polar surface area (TPSA) is 57.1 Å². The zero-order valence-electron chi connectivity index (χ0n) is 15.5. The SMILES string of the molecule is CCOC1(C)CC(C)(C)c2ccc(Oc3ccc(N=C=O)cc3)cc2O1. The molecule has 5 heteroatoms. The molecule has 1 aliphatic heterocycles. The normalized spacial score (nSPS) is 20.5. The van der Waals surface area contributed by atoms with Gasteiger partial charge < -0.3 is 14.2 Å². The van der Waals surface area contributed by atoms with Crippen molar-refractivity contribution in [2.24, 2.45) is 4.99 Å². The largest absolute Gasteiger partial charge is 0.462 e. The summed E-state index contributed by atoms with van der Waals surface area (Å²) in [5.74, 6) is 1.44.